The Hall–Kier alpha value is -0.520. The van der Waals surface area contributed by atoms with Gasteiger partial charge in [0.25, 0.3) is 0 Å². The van der Waals surface area contributed by atoms with E-state index in [1.807, 2.05) is 24.3 Å². The molecule has 1 aliphatic rings. The molecule has 1 heterocycles. The van der Waals surface area contributed by atoms with E-state index in [0.717, 1.165) is 38.5 Å². The van der Waals surface area contributed by atoms with Crippen LogP contribution in [-0.2, 0) is 0 Å². The molecule has 0 spiro atoms. The van der Waals surface area contributed by atoms with Crippen molar-refractivity contribution in [3.8, 4) is 5.75 Å². The van der Waals surface area contributed by atoms with Gasteiger partial charge in [0.1, 0.15) is 18.5 Å². The molecule has 1 atom stereocenters. The van der Waals surface area contributed by atoms with E-state index in [1.54, 1.807) is 0 Å². The van der Waals surface area contributed by atoms with Gasteiger partial charge in [0, 0.05) is 32.7 Å². The summed E-state index contributed by atoms with van der Waals surface area (Å²) in [5.74, 6) is 0.824. The van der Waals surface area contributed by atoms with E-state index in [2.05, 4.69) is 23.6 Å². The van der Waals surface area contributed by atoms with Gasteiger partial charge in [-0.3, -0.25) is 4.90 Å². The topological polar surface area (TPSA) is 35.9 Å². The standard InChI is InChI=1S/C16H26N2O2.2ClH/c1-3-17-8-10-18(11-9-17)12-15(19)13-20-16-6-4-14(2)5-7-16;;/h4-7,15,19H,3,8-13H2,1-2H3;2*1H. The van der Waals surface area contributed by atoms with Crippen LogP contribution in [0.3, 0.4) is 0 Å². The Labute approximate surface area is 146 Å². The predicted molar refractivity (Wildman–Crippen MR) is 95.7 cm³/mol. The predicted octanol–water partition coefficient (Wildman–Crippen LogP) is 2.22. The van der Waals surface area contributed by atoms with Crippen LogP contribution in [0.5, 0.6) is 5.75 Å². The van der Waals surface area contributed by atoms with E-state index in [9.17, 15) is 5.11 Å². The average Bonchev–Trinajstić information content (AvgIpc) is 2.47. The Morgan fingerprint density at radius 3 is 2.14 bits per heavy atom. The second kappa shape index (κ2) is 11.1. The lowest BCUT2D eigenvalue weighted by Crippen LogP contribution is -2.49. The van der Waals surface area contributed by atoms with E-state index < -0.39 is 6.10 Å². The van der Waals surface area contributed by atoms with Crippen LogP contribution < -0.4 is 4.74 Å². The minimum Gasteiger partial charge on any atom is -0.491 e. The maximum absolute atomic E-state index is 10.1. The van der Waals surface area contributed by atoms with Crippen molar-refractivity contribution in [3.63, 3.8) is 0 Å². The molecule has 0 saturated carbocycles. The highest BCUT2D eigenvalue weighted by atomic mass is 35.5. The first-order valence-corrected chi connectivity index (χ1v) is 7.49. The third kappa shape index (κ3) is 7.16. The quantitative estimate of drug-likeness (QED) is 0.853. The smallest absolute Gasteiger partial charge is 0.119 e. The van der Waals surface area contributed by atoms with Crippen molar-refractivity contribution in [1.82, 2.24) is 9.80 Å². The first kappa shape index (κ1) is 21.5. The summed E-state index contributed by atoms with van der Waals surface area (Å²) in [4.78, 5) is 4.75. The Kier molecular flexibility index (Phi) is 10.8. The van der Waals surface area contributed by atoms with Crippen LogP contribution >= 0.6 is 24.8 Å². The molecule has 0 aliphatic carbocycles. The summed E-state index contributed by atoms with van der Waals surface area (Å²) in [6.07, 6.45) is -0.426. The van der Waals surface area contributed by atoms with E-state index in [-0.39, 0.29) is 24.8 Å². The fourth-order valence-electron chi connectivity index (χ4n) is 2.47. The van der Waals surface area contributed by atoms with Crippen LogP contribution in [0.25, 0.3) is 0 Å². The van der Waals surface area contributed by atoms with E-state index in [0.29, 0.717) is 13.2 Å². The van der Waals surface area contributed by atoms with Crippen LogP contribution in [0.4, 0.5) is 0 Å². The Balaban J connectivity index is 0.00000220. The molecule has 0 radical (unpaired) electrons. The van der Waals surface area contributed by atoms with Crippen LogP contribution in [0.2, 0.25) is 0 Å². The molecule has 1 N–H and O–H groups in total. The molecule has 2 rings (SSSR count). The van der Waals surface area contributed by atoms with Gasteiger partial charge in [-0.15, -0.1) is 24.8 Å². The largest absolute Gasteiger partial charge is 0.491 e. The molecule has 1 unspecified atom stereocenters. The summed E-state index contributed by atoms with van der Waals surface area (Å²) in [7, 11) is 0. The molecular weight excluding hydrogens is 323 g/mol. The second-order valence-electron chi connectivity index (χ2n) is 5.51. The van der Waals surface area contributed by atoms with Crippen molar-refractivity contribution in [1.29, 1.82) is 0 Å². The number of hydrogen-bond donors (Lipinski definition) is 1. The van der Waals surface area contributed by atoms with Crippen LogP contribution in [0, 0.1) is 6.92 Å². The minimum absolute atomic E-state index is 0. The van der Waals surface area contributed by atoms with Gasteiger partial charge in [0.2, 0.25) is 0 Å². The highest BCUT2D eigenvalue weighted by Gasteiger charge is 2.18. The number of piperazine rings is 1. The molecule has 1 saturated heterocycles. The van der Waals surface area contributed by atoms with Crippen LogP contribution in [0.15, 0.2) is 24.3 Å². The van der Waals surface area contributed by atoms with E-state index in [4.69, 9.17) is 4.74 Å². The number of halogens is 2. The fourth-order valence-corrected chi connectivity index (χ4v) is 2.47. The molecule has 128 valence electrons. The number of β-amino-alcohol motifs (C(OH)–C–C–N with tert-alkyl or cyclic N) is 1. The highest BCUT2D eigenvalue weighted by molar-refractivity contribution is 5.85. The highest BCUT2D eigenvalue weighted by Crippen LogP contribution is 2.12. The van der Waals surface area contributed by atoms with E-state index in [1.165, 1.54) is 5.56 Å². The SMILES string of the molecule is CCN1CCN(CC(O)COc2ccc(C)cc2)CC1.Cl.Cl. The second-order valence-corrected chi connectivity index (χ2v) is 5.51. The summed E-state index contributed by atoms with van der Waals surface area (Å²) in [5.41, 5.74) is 1.21. The van der Waals surface area contributed by atoms with Crippen molar-refractivity contribution < 1.29 is 9.84 Å². The zero-order chi connectivity index (χ0) is 14.4. The number of aryl methyl sites for hydroxylation is 1. The molecule has 1 aromatic rings. The molecule has 6 heteroatoms. The van der Waals surface area contributed by atoms with Crippen molar-refractivity contribution >= 4 is 24.8 Å². The van der Waals surface area contributed by atoms with Gasteiger partial charge >= 0.3 is 0 Å². The molecule has 0 aromatic heterocycles. The average molecular weight is 351 g/mol. The van der Waals surface area contributed by atoms with Gasteiger partial charge in [0.15, 0.2) is 0 Å². The molecule has 22 heavy (non-hydrogen) atoms. The molecular formula is C16H28Cl2N2O2. The maximum Gasteiger partial charge on any atom is 0.119 e. The lowest BCUT2D eigenvalue weighted by Gasteiger charge is -2.34. The van der Waals surface area contributed by atoms with Gasteiger partial charge < -0.3 is 14.7 Å². The summed E-state index contributed by atoms with van der Waals surface area (Å²) in [6, 6.07) is 7.93. The lowest BCUT2D eigenvalue weighted by molar-refractivity contribution is 0.0471. The molecule has 0 amide bonds. The Morgan fingerprint density at radius 2 is 1.59 bits per heavy atom. The normalized spacial score (nSPS) is 17.2. The number of hydrogen-bond acceptors (Lipinski definition) is 4. The fraction of sp³-hybridized carbons (Fsp3) is 0.625. The monoisotopic (exact) mass is 350 g/mol. The van der Waals surface area contributed by atoms with Gasteiger partial charge in [-0.05, 0) is 25.6 Å². The molecule has 4 nitrogen and oxygen atoms in total. The third-order valence-corrected chi connectivity index (χ3v) is 3.84. The molecule has 0 bridgehead atoms. The van der Waals surface area contributed by atoms with Crippen LogP contribution in [0.1, 0.15) is 12.5 Å². The van der Waals surface area contributed by atoms with Crippen molar-refractivity contribution in [3.05, 3.63) is 29.8 Å². The number of benzene rings is 1. The van der Waals surface area contributed by atoms with Gasteiger partial charge in [0.05, 0.1) is 0 Å². The number of rotatable bonds is 6. The minimum atomic E-state index is -0.426. The first-order chi connectivity index (χ1) is 9.67. The summed E-state index contributed by atoms with van der Waals surface area (Å²) in [6.45, 7) is 10.7. The number of nitrogens with zero attached hydrogens (tertiary/aromatic N) is 2. The number of aliphatic hydroxyl groups excluding tert-OH is 1. The number of aliphatic hydroxyl groups is 1. The van der Waals surface area contributed by atoms with Gasteiger partial charge in [-0.1, -0.05) is 24.6 Å². The summed E-state index contributed by atoms with van der Waals surface area (Å²) < 4.78 is 5.62. The Morgan fingerprint density at radius 1 is 1.05 bits per heavy atom. The zero-order valence-corrected chi connectivity index (χ0v) is 15.0. The molecule has 1 fully saturated rings. The third-order valence-electron chi connectivity index (χ3n) is 3.84. The first-order valence-electron chi connectivity index (χ1n) is 7.49. The Bertz CT molecular complexity index is 396. The van der Waals surface area contributed by atoms with Crippen LogP contribution in [-0.4, -0.2) is 66.9 Å². The number of ether oxygens (including phenoxy) is 1. The van der Waals surface area contributed by atoms with Gasteiger partial charge in [-0.2, -0.15) is 0 Å². The van der Waals surface area contributed by atoms with Crippen molar-refractivity contribution in [2.45, 2.75) is 20.0 Å². The van der Waals surface area contributed by atoms with Crippen molar-refractivity contribution in [2.24, 2.45) is 0 Å². The summed E-state index contributed by atoms with van der Waals surface area (Å²) in [5, 5.41) is 10.1. The van der Waals surface area contributed by atoms with E-state index >= 15 is 0 Å². The lowest BCUT2D eigenvalue weighted by atomic mass is 10.2. The summed E-state index contributed by atoms with van der Waals surface area (Å²) >= 11 is 0. The van der Waals surface area contributed by atoms with Crippen molar-refractivity contribution in [2.75, 3.05) is 45.9 Å². The maximum atomic E-state index is 10.1. The molecule has 1 aromatic carbocycles. The molecule has 1 aliphatic heterocycles. The number of likely N-dealkylation sites (N-methyl/N-ethyl adjacent to an activating group) is 1. The van der Waals surface area contributed by atoms with Gasteiger partial charge in [-0.25, -0.2) is 0 Å². The zero-order valence-electron chi connectivity index (χ0n) is 13.4.